The van der Waals surface area contributed by atoms with E-state index in [1.165, 1.54) is 18.2 Å². The Kier molecular flexibility index (Phi) is 4.47. The Morgan fingerprint density at radius 2 is 1.95 bits per heavy atom. The first-order valence-electron chi connectivity index (χ1n) is 5.75. The highest BCUT2D eigenvalue weighted by atomic mass is 35.5. The van der Waals surface area contributed by atoms with Crippen molar-refractivity contribution >= 4 is 34.8 Å². The van der Waals surface area contributed by atoms with Gasteiger partial charge in [0, 0.05) is 17.1 Å². The van der Waals surface area contributed by atoms with E-state index in [9.17, 15) is 9.18 Å². The van der Waals surface area contributed by atoms with Gasteiger partial charge in [0.05, 0.1) is 10.7 Å². The minimum atomic E-state index is -0.552. The second kappa shape index (κ2) is 6.11. The van der Waals surface area contributed by atoms with Crippen molar-refractivity contribution in [2.75, 3.05) is 5.32 Å². The maximum absolute atomic E-state index is 13.6. The lowest BCUT2D eigenvalue weighted by molar-refractivity contribution is 0.100. The van der Waals surface area contributed by atoms with E-state index < -0.39 is 11.7 Å². The lowest BCUT2D eigenvalue weighted by Gasteiger charge is -2.11. The largest absolute Gasteiger partial charge is 0.377 e. The van der Waals surface area contributed by atoms with Crippen LogP contribution < -0.4 is 11.1 Å². The van der Waals surface area contributed by atoms with Crippen molar-refractivity contribution in [1.82, 2.24) is 0 Å². The fourth-order valence-corrected chi connectivity index (χ4v) is 2.17. The summed E-state index contributed by atoms with van der Waals surface area (Å²) < 4.78 is 13.6. The second-order valence-electron chi connectivity index (χ2n) is 4.12. The standard InChI is InChI=1S/C14H11Cl2FN2O/c15-10-2-1-3-12(17)13(10)19-7-9-5-4-8(14(18)20)6-11(9)16/h1-6,19H,7H2,(H2,18,20). The molecule has 0 aliphatic heterocycles. The van der Waals surface area contributed by atoms with Crippen LogP contribution >= 0.6 is 23.2 Å². The van der Waals surface area contributed by atoms with Gasteiger partial charge >= 0.3 is 0 Å². The third-order valence-corrected chi connectivity index (χ3v) is 3.42. The molecule has 3 nitrogen and oxygen atoms in total. The third kappa shape index (κ3) is 3.21. The van der Waals surface area contributed by atoms with E-state index in [1.54, 1.807) is 18.2 Å². The van der Waals surface area contributed by atoms with E-state index in [0.717, 1.165) is 0 Å². The molecule has 2 rings (SSSR count). The molecule has 0 aliphatic rings. The molecule has 1 amide bonds. The van der Waals surface area contributed by atoms with Crippen LogP contribution in [0.15, 0.2) is 36.4 Å². The minimum absolute atomic E-state index is 0.212. The van der Waals surface area contributed by atoms with Crippen LogP contribution in [0.25, 0.3) is 0 Å². The molecule has 0 aliphatic carbocycles. The predicted molar refractivity (Wildman–Crippen MR) is 78.7 cm³/mol. The number of hydrogen-bond acceptors (Lipinski definition) is 2. The van der Waals surface area contributed by atoms with Gasteiger partial charge in [-0.2, -0.15) is 0 Å². The van der Waals surface area contributed by atoms with Gasteiger partial charge in [0.1, 0.15) is 5.82 Å². The summed E-state index contributed by atoms with van der Waals surface area (Å²) in [7, 11) is 0. The number of amides is 1. The average Bonchev–Trinajstić information content (AvgIpc) is 2.39. The van der Waals surface area contributed by atoms with Crippen molar-refractivity contribution in [2.24, 2.45) is 5.73 Å². The Hall–Kier alpha value is -1.78. The number of nitrogens with one attached hydrogen (secondary N) is 1. The summed E-state index contributed by atoms with van der Waals surface area (Å²) in [5, 5.41) is 3.54. The molecule has 0 heterocycles. The van der Waals surface area contributed by atoms with Gasteiger partial charge < -0.3 is 11.1 Å². The Morgan fingerprint density at radius 1 is 1.20 bits per heavy atom. The number of hydrogen-bond donors (Lipinski definition) is 2. The number of para-hydroxylation sites is 1. The maximum atomic E-state index is 13.6. The molecule has 0 saturated heterocycles. The van der Waals surface area contributed by atoms with Crippen LogP contribution in [0, 0.1) is 5.82 Å². The zero-order valence-corrected chi connectivity index (χ0v) is 11.8. The van der Waals surface area contributed by atoms with Crippen molar-refractivity contribution in [2.45, 2.75) is 6.54 Å². The molecule has 2 aromatic carbocycles. The first-order chi connectivity index (χ1) is 9.49. The molecule has 0 spiro atoms. The molecular formula is C14H11Cl2FN2O. The molecule has 20 heavy (non-hydrogen) atoms. The second-order valence-corrected chi connectivity index (χ2v) is 4.94. The Labute approximate surface area is 125 Å². The number of halogens is 3. The topological polar surface area (TPSA) is 55.1 Å². The number of anilines is 1. The summed E-state index contributed by atoms with van der Waals surface area (Å²) in [6.45, 7) is 0.276. The maximum Gasteiger partial charge on any atom is 0.248 e. The Bertz CT molecular complexity index is 641. The van der Waals surface area contributed by atoms with Crippen LogP contribution in [0.1, 0.15) is 15.9 Å². The fraction of sp³-hybridized carbons (Fsp3) is 0.0714. The smallest absolute Gasteiger partial charge is 0.248 e. The highest BCUT2D eigenvalue weighted by molar-refractivity contribution is 6.33. The number of nitrogens with two attached hydrogens (primary N) is 1. The molecule has 6 heteroatoms. The summed E-state index contributed by atoms with van der Waals surface area (Å²) in [4.78, 5) is 11.0. The van der Waals surface area contributed by atoms with E-state index in [1.807, 2.05) is 0 Å². The van der Waals surface area contributed by atoms with Crippen molar-refractivity contribution in [1.29, 1.82) is 0 Å². The first kappa shape index (κ1) is 14.6. The summed E-state index contributed by atoms with van der Waals surface area (Å²) in [5.74, 6) is -0.995. The molecule has 0 atom stereocenters. The van der Waals surface area contributed by atoms with Gasteiger partial charge in [0.15, 0.2) is 0 Å². The van der Waals surface area contributed by atoms with Crippen LogP contribution in [0.3, 0.4) is 0 Å². The predicted octanol–water partition coefficient (Wildman–Crippen LogP) is 3.84. The van der Waals surface area contributed by atoms with Crippen molar-refractivity contribution in [3.05, 3.63) is 63.4 Å². The molecule has 0 radical (unpaired) electrons. The van der Waals surface area contributed by atoms with E-state index in [0.29, 0.717) is 16.1 Å². The molecule has 0 unspecified atom stereocenters. The number of primary amides is 1. The number of rotatable bonds is 4. The minimum Gasteiger partial charge on any atom is -0.377 e. The van der Waals surface area contributed by atoms with Gasteiger partial charge in [-0.15, -0.1) is 0 Å². The molecular weight excluding hydrogens is 302 g/mol. The van der Waals surface area contributed by atoms with Crippen molar-refractivity contribution < 1.29 is 9.18 Å². The van der Waals surface area contributed by atoms with Crippen molar-refractivity contribution in [3.63, 3.8) is 0 Å². The monoisotopic (exact) mass is 312 g/mol. The van der Waals surface area contributed by atoms with Crippen LogP contribution in [0.4, 0.5) is 10.1 Å². The third-order valence-electron chi connectivity index (χ3n) is 2.76. The van der Waals surface area contributed by atoms with E-state index >= 15 is 0 Å². The lowest BCUT2D eigenvalue weighted by Crippen LogP contribution is -2.11. The number of benzene rings is 2. The summed E-state index contributed by atoms with van der Waals surface area (Å²) in [6.07, 6.45) is 0. The summed E-state index contributed by atoms with van der Waals surface area (Å²) >= 11 is 12.0. The van der Waals surface area contributed by atoms with Crippen LogP contribution in [-0.2, 0) is 6.54 Å². The normalized spacial score (nSPS) is 10.3. The van der Waals surface area contributed by atoms with E-state index in [4.69, 9.17) is 28.9 Å². The van der Waals surface area contributed by atoms with Gasteiger partial charge in [0.2, 0.25) is 5.91 Å². The molecule has 0 saturated carbocycles. The van der Waals surface area contributed by atoms with Gasteiger partial charge in [-0.3, -0.25) is 4.79 Å². The zero-order chi connectivity index (χ0) is 14.7. The van der Waals surface area contributed by atoms with Gasteiger partial charge in [-0.25, -0.2) is 4.39 Å². The molecule has 0 fully saturated rings. The van der Waals surface area contributed by atoms with Crippen LogP contribution in [-0.4, -0.2) is 5.91 Å². The van der Waals surface area contributed by atoms with E-state index in [-0.39, 0.29) is 17.3 Å². The zero-order valence-electron chi connectivity index (χ0n) is 10.3. The summed E-state index contributed by atoms with van der Waals surface area (Å²) in [5.41, 5.74) is 6.40. The van der Waals surface area contributed by atoms with E-state index in [2.05, 4.69) is 5.32 Å². The Balaban J connectivity index is 2.17. The average molecular weight is 313 g/mol. The van der Waals surface area contributed by atoms with Gasteiger partial charge in [-0.1, -0.05) is 35.3 Å². The lowest BCUT2D eigenvalue weighted by atomic mass is 10.1. The number of carbonyl (C=O) groups excluding carboxylic acids is 1. The molecule has 3 N–H and O–H groups in total. The van der Waals surface area contributed by atoms with Crippen molar-refractivity contribution in [3.8, 4) is 0 Å². The first-order valence-corrected chi connectivity index (χ1v) is 6.50. The fourth-order valence-electron chi connectivity index (χ4n) is 1.69. The molecule has 2 aromatic rings. The quantitative estimate of drug-likeness (QED) is 0.901. The number of carbonyl (C=O) groups is 1. The SMILES string of the molecule is NC(=O)c1ccc(CNc2c(F)cccc2Cl)c(Cl)c1. The highest BCUT2D eigenvalue weighted by Crippen LogP contribution is 2.26. The summed E-state index contributed by atoms with van der Waals surface area (Å²) in [6, 6.07) is 9.12. The molecule has 0 bridgehead atoms. The van der Waals surface area contributed by atoms with Crippen LogP contribution in [0.2, 0.25) is 10.0 Å². The van der Waals surface area contributed by atoms with Gasteiger partial charge in [-0.05, 0) is 29.8 Å². The Morgan fingerprint density at radius 3 is 2.55 bits per heavy atom. The highest BCUT2D eigenvalue weighted by Gasteiger charge is 2.09. The molecule has 0 aromatic heterocycles. The van der Waals surface area contributed by atoms with Crippen LogP contribution in [0.5, 0.6) is 0 Å². The molecule has 104 valence electrons. The van der Waals surface area contributed by atoms with Gasteiger partial charge in [0.25, 0.3) is 0 Å².